The highest BCUT2D eigenvalue weighted by molar-refractivity contribution is 9.10. The van der Waals surface area contributed by atoms with E-state index in [1.165, 1.54) is 24.8 Å². The molecule has 1 fully saturated rings. The maximum atomic E-state index is 4.31. The first-order valence-corrected chi connectivity index (χ1v) is 8.72. The highest BCUT2D eigenvalue weighted by atomic mass is 79.9. The van der Waals surface area contributed by atoms with Crippen LogP contribution in [-0.4, -0.2) is 17.6 Å². The van der Waals surface area contributed by atoms with Crippen molar-refractivity contribution in [1.82, 2.24) is 10.3 Å². The second-order valence-electron chi connectivity index (χ2n) is 6.46. The minimum absolute atomic E-state index is 0.675. The third kappa shape index (κ3) is 4.29. The quantitative estimate of drug-likeness (QED) is 0.858. The number of aromatic nitrogens is 1. The normalized spacial score (nSPS) is 26.9. The van der Waals surface area contributed by atoms with E-state index in [-0.39, 0.29) is 0 Å². The number of nitrogens with zero attached hydrogens (tertiary/aromatic N) is 1. The number of nitrogens with one attached hydrogen (secondary N) is 1. The third-order valence-electron chi connectivity index (χ3n) is 4.69. The smallest absolute Gasteiger partial charge is 0.0410 e. The molecule has 3 unspecified atom stereocenters. The summed E-state index contributed by atoms with van der Waals surface area (Å²) in [5, 5.41) is 3.70. The van der Waals surface area contributed by atoms with Crippen LogP contribution in [0.5, 0.6) is 0 Å². The van der Waals surface area contributed by atoms with Gasteiger partial charge in [-0.05, 0) is 77.5 Å². The molecule has 2 nitrogen and oxygen atoms in total. The molecule has 0 aliphatic heterocycles. The molecule has 1 aliphatic rings. The summed E-state index contributed by atoms with van der Waals surface area (Å²) < 4.78 is 1.09. The number of hydrogen-bond acceptors (Lipinski definition) is 2. The second kappa shape index (κ2) is 7.56. The molecule has 1 saturated carbocycles. The summed E-state index contributed by atoms with van der Waals surface area (Å²) in [5.41, 5.74) is 1.36. The van der Waals surface area contributed by atoms with Gasteiger partial charge in [0.2, 0.25) is 0 Å². The van der Waals surface area contributed by atoms with E-state index in [9.17, 15) is 0 Å². The molecule has 0 bridgehead atoms. The Hall–Kier alpha value is -0.410. The van der Waals surface area contributed by atoms with E-state index >= 15 is 0 Å². The van der Waals surface area contributed by atoms with E-state index in [4.69, 9.17) is 0 Å². The molecule has 1 aromatic rings. The van der Waals surface area contributed by atoms with Crippen molar-refractivity contribution >= 4 is 15.9 Å². The summed E-state index contributed by atoms with van der Waals surface area (Å²) in [6.45, 7) is 8.03. The van der Waals surface area contributed by atoms with E-state index < -0.39 is 0 Å². The Labute approximate surface area is 131 Å². The van der Waals surface area contributed by atoms with Crippen molar-refractivity contribution in [3.8, 4) is 0 Å². The van der Waals surface area contributed by atoms with E-state index in [1.807, 2.05) is 12.4 Å². The van der Waals surface area contributed by atoms with Crippen molar-refractivity contribution in [3.05, 3.63) is 28.5 Å². The van der Waals surface area contributed by atoms with Crippen molar-refractivity contribution in [2.24, 2.45) is 17.8 Å². The Morgan fingerprint density at radius 3 is 2.80 bits per heavy atom. The molecule has 0 spiro atoms. The van der Waals surface area contributed by atoms with Gasteiger partial charge in [-0.25, -0.2) is 0 Å². The maximum Gasteiger partial charge on any atom is 0.0410 e. The average molecular weight is 339 g/mol. The minimum atomic E-state index is 0.675. The van der Waals surface area contributed by atoms with Crippen molar-refractivity contribution in [2.45, 2.75) is 52.5 Å². The highest BCUT2D eigenvalue weighted by Gasteiger charge is 2.31. The van der Waals surface area contributed by atoms with Crippen molar-refractivity contribution < 1.29 is 0 Å². The van der Waals surface area contributed by atoms with Crippen molar-refractivity contribution in [2.75, 3.05) is 6.54 Å². The molecule has 0 saturated heterocycles. The molecule has 2 rings (SSSR count). The van der Waals surface area contributed by atoms with Gasteiger partial charge in [0.05, 0.1) is 0 Å². The molecule has 112 valence electrons. The molecule has 1 heterocycles. The Morgan fingerprint density at radius 1 is 1.35 bits per heavy atom. The summed E-state index contributed by atoms with van der Waals surface area (Å²) in [6, 6.07) is 2.89. The van der Waals surface area contributed by atoms with Crippen LogP contribution in [0.3, 0.4) is 0 Å². The monoisotopic (exact) mass is 338 g/mol. The lowest BCUT2D eigenvalue weighted by atomic mass is 9.72. The number of rotatable bonds is 5. The summed E-state index contributed by atoms with van der Waals surface area (Å²) in [6.07, 6.45) is 9.08. The Bertz CT molecular complexity index is 419. The van der Waals surface area contributed by atoms with Crippen LogP contribution >= 0.6 is 15.9 Å². The summed E-state index contributed by atoms with van der Waals surface area (Å²) in [5.74, 6) is 2.43. The first-order valence-electron chi connectivity index (χ1n) is 7.93. The molecule has 0 aromatic carbocycles. The Balaban J connectivity index is 2.06. The SMILES string of the molecule is CCNC1CCC(C(C)C)CC1Cc1cncc(Br)c1. The van der Waals surface area contributed by atoms with Gasteiger partial charge in [-0.3, -0.25) is 4.98 Å². The van der Waals surface area contributed by atoms with Crippen LogP contribution in [-0.2, 0) is 6.42 Å². The van der Waals surface area contributed by atoms with Crippen LogP contribution in [0.2, 0.25) is 0 Å². The first-order chi connectivity index (χ1) is 9.60. The van der Waals surface area contributed by atoms with Crippen LogP contribution in [0.15, 0.2) is 22.9 Å². The van der Waals surface area contributed by atoms with Gasteiger partial charge in [0.25, 0.3) is 0 Å². The molecule has 3 heteroatoms. The summed E-state index contributed by atoms with van der Waals surface area (Å²) in [4.78, 5) is 4.31. The third-order valence-corrected chi connectivity index (χ3v) is 5.13. The molecule has 3 atom stereocenters. The number of hydrogen-bond donors (Lipinski definition) is 1. The predicted octanol–water partition coefficient (Wildman–Crippen LogP) is 4.44. The van der Waals surface area contributed by atoms with Gasteiger partial charge in [0.15, 0.2) is 0 Å². The molecule has 1 aromatic heterocycles. The summed E-state index contributed by atoms with van der Waals surface area (Å²) >= 11 is 3.53. The van der Waals surface area contributed by atoms with E-state index in [2.05, 4.69) is 53.1 Å². The fourth-order valence-corrected chi connectivity index (χ4v) is 3.94. The zero-order chi connectivity index (χ0) is 14.5. The van der Waals surface area contributed by atoms with Gasteiger partial charge < -0.3 is 5.32 Å². The van der Waals surface area contributed by atoms with E-state index in [0.717, 1.165) is 35.2 Å². The van der Waals surface area contributed by atoms with Gasteiger partial charge in [0, 0.05) is 22.9 Å². The molecule has 0 radical (unpaired) electrons. The van der Waals surface area contributed by atoms with E-state index in [0.29, 0.717) is 6.04 Å². The lowest BCUT2D eigenvalue weighted by Crippen LogP contribution is -2.42. The lowest BCUT2D eigenvalue weighted by molar-refractivity contribution is 0.169. The van der Waals surface area contributed by atoms with Crippen LogP contribution in [0.25, 0.3) is 0 Å². The fourth-order valence-electron chi connectivity index (χ4n) is 3.53. The maximum absolute atomic E-state index is 4.31. The van der Waals surface area contributed by atoms with Crippen molar-refractivity contribution in [3.63, 3.8) is 0 Å². The molecule has 0 amide bonds. The first kappa shape index (κ1) is 16.0. The molecular formula is C17H27BrN2. The lowest BCUT2D eigenvalue weighted by Gasteiger charge is -2.38. The number of halogens is 1. The van der Waals surface area contributed by atoms with Gasteiger partial charge >= 0.3 is 0 Å². The average Bonchev–Trinajstić information content (AvgIpc) is 2.41. The van der Waals surface area contributed by atoms with Gasteiger partial charge in [0.1, 0.15) is 0 Å². The second-order valence-corrected chi connectivity index (χ2v) is 7.37. The predicted molar refractivity (Wildman–Crippen MR) is 88.8 cm³/mol. The van der Waals surface area contributed by atoms with Crippen LogP contribution < -0.4 is 5.32 Å². The summed E-state index contributed by atoms with van der Waals surface area (Å²) in [7, 11) is 0. The van der Waals surface area contributed by atoms with Crippen LogP contribution in [0, 0.1) is 17.8 Å². The molecule has 1 N–H and O–H groups in total. The van der Waals surface area contributed by atoms with Gasteiger partial charge in [-0.1, -0.05) is 20.8 Å². The fraction of sp³-hybridized carbons (Fsp3) is 0.706. The van der Waals surface area contributed by atoms with E-state index in [1.54, 1.807) is 0 Å². The van der Waals surface area contributed by atoms with Gasteiger partial charge in [-0.2, -0.15) is 0 Å². The van der Waals surface area contributed by atoms with Crippen molar-refractivity contribution in [1.29, 1.82) is 0 Å². The Kier molecular flexibility index (Phi) is 6.03. The van der Waals surface area contributed by atoms with Crippen LogP contribution in [0.1, 0.15) is 45.6 Å². The topological polar surface area (TPSA) is 24.9 Å². The van der Waals surface area contributed by atoms with Gasteiger partial charge in [-0.15, -0.1) is 0 Å². The zero-order valence-electron chi connectivity index (χ0n) is 12.9. The Morgan fingerprint density at radius 2 is 2.15 bits per heavy atom. The largest absolute Gasteiger partial charge is 0.314 e. The molecule has 1 aliphatic carbocycles. The molecular weight excluding hydrogens is 312 g/mol. The standard InChI is InChI=1S/C17H27BrN2/c1-4-20-17-6-5-14(12(2)3)9-15(17)7-13-8-16(18)11-19-10-13/h8,10-12,14-15,17,20H,4-7,9H2,1-3H3. The highest BCUT2D eigenvalue weighted by Crippen LogP contribution is 2.35. The minimum Gasteiger partial charge on any atom is -0.314 e. The number of pyridine rings is 1. The zero-order valence-corrected chi connectivity index (χ0v) is 14.5. The molecule has 20 heavy (non-hydrogen) atoms. The van der Waals surface area contributed by atoms with Crippen LogP contribution in [0.4, 0.5) is 0 Å².